The van der Waals surface area contributed by atoms with Crippen LogP contribution in [0.1, 0.15) is 24.6 Å². The molecule has 1 N–H and O–H groups in total. The number of rotatable bonds is 4. The number of nitrogens with one attached hydrogen (secondary N) is 1. The highest BCUT2D eigenvalue weighted by Gasteiger charge is 2.27. The second-order valence-corrected chi connectivity index (χ2v) is 5.71. The molecule has 0 spiro atoms. The molecule has 3 nitrogen and oxygen atoms in total. The van der Waals surface area contributed by atoms with E-state index in [9.17, 15) is 8.78 Å². The van der Waals surface area contributed by atoms with Gasteiger partial charge in [0, 0.05) is 30.0 Å². The largest absolute Gasteiger partial charge is 0.373 e. The van der Waals surface area contributed by atoms with Crippen molar-refractivity contribution in [3.8, 4) is 0 Å². The Morgan fingerprint density at radius 2 is 2.00 bits per heavy atom. The Labute approximate surface area is 119 Å². The van der Waals surface area contributed by atoms with Crippen LogP contribution in [0.3, 0.4) is 0 Å². The number of benzene rings is 1. The molecular weight excluding hydrogens is 280 g/mol. The number of hydrogen-bond donors (Lipinski definition) is 1. The minimum atomic E-state index is -0.580. The SMILES string of the molecule is CNc1cc(Sc2ccc(F)cc2F)nc(C2CC2)n1. The molecule has 0 saturated heterocycles. The van der Waals surface area contributed by atoms with E-state index in [1.54, 1.807) is 13.1 Å². The Morgan fingerprint density at radius 3 is 2.65 bits per heavy atom. The lowest BCUT2D eigenvalue weighted by Crippen LogP contribution is -2.00. The summed E-state index contributed by atoms with van der Waals surface area (Å²) in [5.74, 6) is 0.770. The minimum absolute atomic E-state index is 0.355. The molecule has 104 valence electrons. The number of hydrogen-bond acceptors (Lipinski definition) is 4. The average Bonchev–Trinajstić information content (AvgIpc) is 3.26. The molecule has 0 atom stereocenters. The van der Waals surface area contributed by atoms with Crippen LogP contribution in [0.4, 0.5) is 14.6 Å². The minimum Gasteiger partial charge on any atom is -0.373 e. The predicted octanol–water partition coefficient (Wildman–Crippen LogP) is 3.83. The maximum absolute atomic E-state index is 13.7. The van der Waals surface area contributed by atoms with E-state index in [1.165, 1.54) is 23.9 Å². The van der Waals surface area contributed by atoms with Gasteiger partial charge in [0.25, 0.3) is 0 Å². The molecule has 1 aliphatic carbocycles. The van der Waals surface area contributed by atoms with Crippen molar-refractivity contribution in [2.75, 3.05) is 12.4 Å². The number of anilines is 1. The third-order valence-electron chi connectivity index (χ3n) is 3.03. The highest BCUT2D eigenvalue weighted by molar-refractivity contribution is 7.99. The molecule has 1 saturated carbocycles. The van der Waals surface area contributed by atoms with Crippen LogP contribution in [0.25, 0.3) is 0 Å². The van der Waals surface area contributed by atoms with Crippen LogP contribution >= 0.6 is 11.8 Å². The Morgan fingerprint density at radius 1 is 1.20 bits per heavy atom. The predicted molar refractivity (Wildman–Crippen MR) is 74.0 cm³/mol. The molecule has 0 unspecified atom stereocenters. The zero-order chi connectivity index (χ0) is 14.1. The quantitative estimate of drug-likeness (QED) is 0.870. The molecular formula is C14H13F2N3S. The van der Waals surface area contributed by atoms with E-state index in [0.29, 0.717) is 21.7 Å². The van der Waals surface area contributed by atoms with Gasteiger partial charge in [-0.2, -0.15) is 0 Å². The van der Waals surface area contributed by atoms with Crippen LogP contribution in [-0.2, 0) is 0 Å². The summed E-state index contributed by atoms with van der Waals surface area (Å²) >= 11 is 1.18. The molecule has 3 rings (SSSR count). The molecule has 1 aromatic heterocycles. The summed E-state index contributed by atoms with van der Waals surface area (Å²) in [6, 6.07) is 5.31. The fourth-order valence-corrected chi connectivity index (χ4v) is 2.65. The first kappa shape index (κ1) is 13.3. The zero-order valence-corrected chi connectivity index (χ0v) is 11.7. The maximum atomic E-state index is 13.7. The van der Waals surface area contributed by atoms with Crippen molar-refractivity contribution in [2.24, 2.45) is 0 Å². The van der Waals surface area contributed by atoms with Gasteiger partial charge in [-0.1, -0.05) is 11.8 Å². The van der Waals surface area contributed by atoms with Crippen molar-refractivity contribution < 1.29 is 8.78 Å². The van der Waals surface area contributed by atoms with Crippen LogP contribution in [0.2, 0.25) is 0 Å². The molecule has 0 bridgehead atoms. The molecule has 1 aromatic carbocycles. The van der Waals surface area contributed by atoms with E-state index in [2.05, 4.69) is 15.3 Å². The van der Waals surface area contributed by atoms with Crippen molar-refractivity contribution in [1.29, 1.82) is 0 Å². The van der Waals surface area contributed by atoms with Gasteiger partial charge in [0.2, 0.25) is 0 Å². The van der Waals surface area contributed by atoms with E-state index in [0.717, 1.165) is 24.7 Å². The molecule has 1 aliphatic rings. The fourth-order valence-electron chi connectivity index (χ4n) is 1.82. The summed E-state index contributed by atoms with van der Waals surface area (Å²) < 4.78 is 26.6. The summed E-state index contributed by atoms with van der Waals surface area (Å²) in [6.07, 6.45) is 2.20. The van der Waals surface area contributed by atoms with Gasteiger partial charge >= 0.3 is 0 Å². The summed E-state index contributed by atoms with van der Waals surface area (Å²) in [5, 5.41) is 3.65. The van der Waals surface area contributed by atoms with Gasteiger partial charge in [-0.15, -0.1) is 0 Å². The molecule has 1 fully saturated rings. The van der Waals surface area contributed by atoms with Gasteiger partial charge < -0.3 is 5.32 Å². The third-order valence-corrected chi connectivity index (χ3v) is 4.00. The van der Waals surface area contributed by atoms with Crippen LogP contribution in [0.15, 0.2) is 34.2 Å². The molecule has 0 aliphatic heterocycles. The van der Waals surface area contributed by atoms with Crippen molar-refractivity contribution in [2.45, 2.75) is 28.7 Å². The lowest BCUT2D eigenvalue weighted by Gasteiger charge is -2.07. The number of halogens is 2. The van der Waals surface area contributed by atoms with E-state index < -0.39 is 11.6 Å². The molecule has 0 radical (unpaired) electrons. The Bertz CT molecular complexity index is 644. The average molecular weight is 293 g/mol. The summed E-state index contributed by atoms with van der Waals surface area (Å²) in [5.41, 5.74) is 0. The highest BCUT2D eigenvalue weighted by Crippen LogP contribution is 2.40. The zero-order valence-electron chi connectivity index (χ0n) is 10.9. The summed E-state index contributed by atoms with van der Waals surface area (Å²) in [4.78, 5) is 9.21. The first-order valence-corrected chi connectivity index (χ1v) is 7.17. The van der Waals surface area contributed by atoms with Gasteiger partial charge in [-0.05, 0) is 25.0 Å². The van der Waals surface area contributed by atoms with Crippen LogP contribution < -0.4 is 5.32 Å². The van der Waals surface area contributed by atoms with E-state index in [1.807, 2.05) is 0 Å². The van der Waals surface area contributed by atoms with Crippen LogP contribution in [-0.4, -0.2) is 17.0 Å². The molecule has 2 aromatic rings. The molecule has 6 heteroatoms. The molecule has 0 amide bonds. The van der Waals surface area contributed by atoms with Gasteiger partial charge in [-0.25, -0.2) is 18.7 Å². The first-order valence-electron chi connectivity index (χ1n) is 6.35. The fraction of sp³-hybridized carbons (Fsp3) is 0.286. The highest BCUT2D eigenvalue weighted by atomic mass is 32.2. The third kappa shape index (κ3) is 2.90. The van der Waals surface area contributed by atoms with Gasteiger partial charge in [0.1, 0.15) is 28.3 Å². The monoisotopic (exact) mass is 293 g/mol. The van der Waals surface area contributed by atoms with Crippen LogP contribution in [0.5, 0.6) is 0 Å². The van der Waals surface area contributed by atoms with Gasteiger partial charge in [-0.3, -0.25) is 0 Å². The molecule has 1 heterocycles. The second kappa shape index (κ2) is 5.36. The number of nitrogens with zero attached hydrogens (tertiary/aromatic N) is 2. The Hall–Kier alpha value is -1.69. The normalized spacial score (nSPS) is 14.3. The summed E-state index contributed by atoms with van der Waals surface area (Å²) in [7, 11) is 1.78. The van der Waals surface area contributed by atoms with E-state index >= 15 is 0 Å². The smallest absolute Gasteiger partial charge is 0.140 e. The van der Waals surface area contributed by atoms with E-state index in [4.69, 9.17) is 0 Å². The van der Waals surface area contributed by atoms with Crippen molar-refractivity contribution in [1.82, 2.24) is 9.97 Å². The second-order valence-electron chi connectivity index (χ2n) is 4.65. The van der Waals surface area contributed by atoms with Crippen molar-refractivity contribution in [3.63, 3.8) is 0 Å². The van der Waals surface area contributed by atoms with Crippen molar-refractivity contribution >= 4 is 17.6 Å². The summed E-state index contributed by atoms with van der Waals surface area (Å²) in [6.45, 7) is 0. The Balaban J connectivity index is 1.91. The van der Waals surface area contributed by atoms with E-state index in [-0.39, 0.29) is 0 Å². The van der Waals surface area contributed by atoms with Crippen LogP contribution in [0, 0.1) is 11.6 Å². The lowest BCUT2D eigenvalue weighted by atomic mass is 10.3. The van der Waals surface area contributed by atoms with Crippen molar-refractivity contribution in [3.05, 3.63) is 41.7 Å². The molecule has 20 heavy (non-hydrogen) atoms. The van der Waals surface area contributed by atoms with Gasteiger partial charge in [0.05, 0.1) is 0 Å². The standard InChI is InChI=1S/C14H13F2N3S/c1-17-12-7-13(19-14(18-12)8-2-3-8)20-11-5-4-9(15)6-10(11)16/h4-8H,2-3H2,1H3,(H,17,18,19). The number of aromatic nitrogens is 2. The topological polar surface area (TPSA) is 37.8 Å². The maximum Gasteiger partial charge on any atom is 0.140 e. The first-order chi connectivity index (χ1) is 9.65. The lowest BCUT2D eigenvalue weighted by molar-refractivity contribution is 0.565. The Kier molecular flexibility index (Phi) is 3.56. The van der Waals surface area contributed by atoms with Gasteiger partial charge in [0.15, 0.2) is 0 Å².